The van der Waals surface area contributed by atoms with E-state index >= 15 is 0 Å². The maximum Gasteiger partial charge on any atom is 0.410 e. The Morgan fingerprint density at radius 3 is 2.65 bits per heavy atom. The second kappa shape index (κ2) is 4.14. The summed E-state index contributed by atoms with van der Waals surface area (Å²) in [4.78, 5) is 13.6. The normalized spacial score (nSPS) is 33.4. The molecule has 0 aromatic rings. The zero-order chi connectivity index (χ0) is 12.7. The van der Waals surface area contributed by atoms with E-state index in [1.807, 2.05) is 20.8 Å². The molecule has 2 atom stereocenters. The first-order valence-electron chi connectivity index (χ1n) is 6.20. The zero-order valence-electron chi connectivity index (χ0n) is 10.9. The minimum absolute atomic E-state index is 0.140. The summed E-state index contributed by atoms with van der Waals surface area (Å²) < 4.78 is 11.1. The molecule has 1 aliphatic heterocycles. The number of nitrogens with two attached hydrogens (primary N) is 1. The van der Waals surface area contributed by atoms with E-state index in [-0.39, 0.29) is 17.7 Å². The van der Waals surface area contributed by atoms with Gasteiger partial charge in [-0.05, 0) is 33.6 Å². The number of carbonyl (C=O) groups excluding carboxylic acids is 1. The number of hydrogen-bond acceptors (Lipinski definition) is 4. The molecule has 2 N–H and O–H groups in total. The molecule has 1 heterocycles. The first-order chi connectivity index (χ1) is 7.82. The van der Waals surface area contributed by atoms with Crippen molar-refractivity contribution >= 4 is 6.09 Å². The third-order valence-electron chi connectivity index (χ3n) is 3.29. The first kappa shape index (κ1) is 12.6. The molecule has 1 saturated carbocycles. The fourth-order valence-corrected chi connectivity index (χ4v) is 2.14. The quantitative estimate of drug-likeness (QED) is 0.691. The summed E-state index contributed by atoms with van der Waals surface area (Å²) in [6, 6.07) is 0.140. The van der Waals surface area contributed by atoms with Crippen LogP contribution in [0.2, 0.25) is 0 Å². The summed E-state index contributed by atoms with van der Waals surface area (Å²) in [7, 11) is 0. The van der Waals surface area contributed by atoms with Crippen LogP contribution in [0.5, 0.6) is 0 Å². The van der Waals surface area contributed by atoms with E-state index in [9.17, 15) is 4.79 Å². The highest BCUT2D eigenvalue weighted by molar-refractivity contribution is 5.68. The van der Waals surface area contributed by atoms with Crippen LogP contribution in [-0.4, -0.2) is 47.9 Å². The largest absolute Gasteiger partial charge is 0.444 e. The molecule has 0 radical (unpaired) electrons. The van der Waals surface area contributed by atoms with Gasteiger partial charge < -0.3 is 20.1 Å². The van der Waals surface area contributed by atoms with Crippen LogP contribution in [0.1, 0.15) is 33.6 Å². The average molecular weight is 242 g/mol. The Morgan fingerprint density at radius 2 is 2.12 bits per heavy atom. The number of rotatable bonds is 0. The average Bonchev–Trinajstić information content (AvgIpc) is 2.86. The molecule has 98 valence electrons. The van der Waals surface area contributed by atoms with Crippen molar-refractivity contribution in [1.29, 1.82) is 0 Å². The fraction of sp³-hybridized carbons (Fsp3) is 0.917. The van der Waals surface area contributed by atoms with Crippen LogP contribution in [0.3, 0.4) is 0 Å². The molecular formula is C12H22N2O3. The zero-order valence-corrected chi connectivity index (χ0v) is 10.9. The minimum atomic E-state index is -0.447. The lowest BCUT2D eigenvalue weighted by molar-refractivity contribution is 0.0208. The maximum absolute atomic E-state index is 11.9. The van der Waals surface area contributed by atoms with Gasteiger partial charge in [0, 0.05) is 19.1 Å². The van der Waals surface area contributed by atoms with E-state index in [2.05, 4.69) is 0 Å². The number of amides is 1. The third kappa shape index (κ3) is 2.90. The van der Waals surface area contributed by atoms with Crippen LogP contribution in [0.15, 0.2) is 0 Å². The molecule has 2 unspecified atom stereocenters. The van der Waals surface area contributed by atoms with Gasteiger partial charge in [0.1, 0.15) is 5.60 Å². The van der Waals surface area contributed by atoms with Crippen LogP contribution < -0.4 is 5.73 Å². The second-order valence-electron chi connectivity index (χ2n) is 5.94. The standard InChI is InChI=1S/C12H22N2O3/c1-11(2,3)17-10(15)14-5-4-12(8-9(12)13)16-7-6-14/h9H,4-8,13H2,1-3H3. The van der Waals surface area contributed by atoms with Crippen molar-refractivity contribution < 1.29 is 14.3 Å². The minimum Gasteiger partial charge on any atom is -0.444 e. The second-order valence-corrected chi connectivity index (χ2v) is 5.94. The van der Waals surface area contributed by atoms with Gasteiger partial charge >= 0.3 is 6.09 Å². The van der Waals surface area contributed by atoms with Gasteiger partial charge in [0.15, 0.2) is 0 Å². The van der Waals surface area contributed by atoms with E-state index in [1.54, 1.807) is 4.90 Å². The Hall–Kier alpha value is -0.810. The summed E-state index contributed by atoms with van der Waals surface area (Å²) in [6.07, 6.45) is 1.47. The molecule has 17 heavy (non-hydrogen) atoms. The van der Waals surface area contributed by atoms with Crippen LogP contribution in [0.25, 0.3) is 0 Å². The van der Waals surface area contributed by atoms with Gasteiger partial charge in [0.25, 0.3) is 0 Å². The van der Waals surface area contributed by atoms with Gasteiger partial charge in [-0.15, -0.1) is 0 Å². The van der Waals surface area contributed by atoms with Crippen LogP contribution in [0.4, 0.5) is 4.79 Å². The molecule has 2 fully saturated rings. The van der Waals surface area contributed by atoms with Crippen LogP contribution in [-0.2, 0) is 9.47 Å². The van der Waals surface area contributed by atoms with Gasteiger partial charge in [-0.2, -0.15) is 0 Å². The molecule has 2 rings (SSSR count). The summed E-state index contributed by atoms with van der Waals surface area (Å²) >= 11 is 0. The van der Waals surface area contributed by atoms with Crippen molar-refractivity contribution in [3.8, 4) is 0 Å². The van der Waals surface area contributed by atoms with Crippen molar-refractivity contribution in [1.82, 2.24) is 4.90 Å². The van der Waals surface area contributed by atoms with Crippen molar-refractivity contribution in [2.75, 3.05) is 19.7 Å². The lowest BCUT2D eigenvalue weighted by Gasteiger charge is -2.26. The molecule has 2 aliphatic rings. The highest BCUT2D eigenvalue weighted by atomic mass is 16.6. The Kier molecular flexibility index (Phi) is 3.08. The predicted octanol–water partition coefficient (Wildman–Crippen LogP) is 1.11. The maximum atomic E-state index is 11.9. The van der Waals surface area contributed by atoms with Crippen molar-refractivity contribution in [2.24, 2.45) is 5.73 Å². The van der Waals surface area contributed by atoms with E-state index in [1.165, 1.54) is 0 Å². The van der Waals surface area contributed by atoms with Gasteiger partial charge in [-0.1, -0.05) is 0 Å². The van der Waals surface area contributed by atoms with Crippen LogP contribution >= 0.6 is 0 Å². The Balaban J connectivity index is 1.88. The third-order valence-corrected chi connectivity index (χ3v) is 3.29. The summed E-state index contributed by atoms with van der Waals surface area (Å²) in [5.41, 5.74) is 5.26. The topological polar surface area (TPSA) is 64.8 Å². The number of nitrogens with zero attached hydrogens (tertiary/aromatic N) is 1. The van der Waals surface area contributed by atoms with Gasteiger partial charge in [0.2, 0.25) is 0 Å². The SMILES string of the molecule is CC(C)(C)OC(=O)N1CCOC2(CC1)CC2N. The lowest BCUT2D eigenvalue weighted by Crippen LogP contribution is -2.38. The molecule has 5 nitrogen and oxygen atoms in total. The number of hydrogen-bond donors (Lipinski definition) is 1. The van der Waals surface area contributed by atoms with Gasteiger partial charge in [-0.25, -0.2) is 4.79 Å². The van der Waals surface area contributed by atoms with Crippen molar-refractivity contribution in [3.05, 3.63) is 0 Å². The molecule has 1 aliphatic carbocycles. The van der Waals surface area contributed by atoms with E-state index in [0.29, 0.717) is 19.7 Å². The van der Waals surface area contributed by atoms with E-state index in [4.69, 9.17) is 15.2 Å². The summed E-state index contributed by atoms with van der Waals surface area (Å²) in [5.74, 6) is 0. The molecule has 1 spiro atoms. The molecular weight excluding hydrogens is 220 g/mol. The monoisotopic (exact) mass is 242 g/mol. The smallest absolute Gasteiger partial charge is 0.410 e. The Labute approximate surface area is 102 Å². The van der Waals surface area contributed by atoms with E-state index < -0.39 is 5.60 Å². The lowest BCUT2D eigenvalue weighted by atomic mass is 10.2. The molecule has 1 saturated heterocycles. The van der Waals surface area contributed by atoms with Crippen LogP contribution in [0, 0.1) is 0 Å². The van der Waals surface area contributed by atoms with Crippen molar-refractivity contribution in [2.45, 2.75) is 50.9 Å². The number of carbonyl (C=O) groups is 1. The Bertz CT molecular complexity index is 313. The predicted molar refractivity (Wildman–Crippen MR) is 63.7 cm³/mol. The molecule has 0 bridgehead atoms. The fourth-order valence-electron chi connectivity index (χ4n) is 2.14. The Morgan fingerprint density at radius 1 is 1.47 bits per heavy atom. The number of ether oxygens (including phenoxy) is 2. The van der Waals surface area contributed by atoms with E-state index in [0.717, 1.165) is 12.8 Å². The van der Waals surface area contributed by atoms with Gasteiger partial charge in [0.05, 0.1) is 12.2 Å². The molecule has 5 heteroatoms. The molecule has 0 aromatic heterocycles. The highest BCUT2D eigenvalue weighted by Gasteiger charge is 2.54. The van der Waals surface area contributed by atoms with Crippen molar-refractivity contribution in [3.63, 3.8) is 0 Å². The first-order valence-corrected chi connectivity index (χ1v) is 6.20. The van der Waals surface area contributed by atoms with Gasteiger partial charge in [-0.3, -0.25) is 0 Å². The summed E-state index contributed by atoms with van der Waals surface area (Å²) in [5, 5.41) is 0. The molecule has 1 amide bonds. The highest BCUT2D eigenvalue weighted by Crippen LogP contribution is 2.42. The molecule has 0 aromatic carbocycles. The summed E-state index contributed by atoms with van der Waals surface area (Å²) in [6.45, 7) is 7.42.